The Morgan fingerprint density at radius 1 is 1.03 bits per heavy atom. The molecule has 7 nitrogen and oxygen atoms in total. The molecule has 0 unspecified atom stereocenters. The van der Waals surface area contributed by atoms with Crippen LogP contribution < -0.4 is 10.6 Å². The molecule has 0 aliphatic carbocycles. The average molecular weight is 457 g/mol. The number of nitrogens with zero attached hydrogens (tertiary/aromatic N) is 1. The minimum absolute atomic E-state index is 0.126. The number of sulfonamides is 1. The van der Waals surface area contributed by atoms with E-state index >= 15 is 0 Å². The highest BCUT2D eigenvalue weighted by molar-refractivity contribution is 7.89. The van der Waals surface area contributed by atoms with Gasteiger partial charge in [-0.3, -0.25) is 9.59 Å². The van der Waals surface area contributed by atoms with Crippen LogP contribution in [0.15, 0.2) is 47.4 Å². The highest BCUT2D eigenvalue weighted by Crippen LogP contribution is 2.19. The van der Waals surface area contributed by atoms with Crippen molar-refractivity contribution in [1.82, 2.24) is 9.62 Å². The van der Waals surface area contributed by atoms with E-state index in [2.05, 4.69) is 5.32 Å². The number of carbonyl (C=O) groups is 2. The second kappa shape index (κ2) is 9.48. The van der Waals surface area contributed by atoms with Crippen molar-refractivity contribution in [3.8, 4) is 0 Å². The maximum absolute atomic E-state index is 12.7. The lowest BCUT2D eigenvalue weighted by molar-refractivity contribution is -0.123. The number of hydrogen-bond acceptors (Lipinski definition) is 4. The van der Waals surface area contributed by atoms with Gasteiger partial charge in [0.2, 0.25) is 15.9 Å². The van der Waals surface area contributed by atoms with Crippen LogP contribution in [-0.4, -0.2) is 50.9 Å². The minimum Gasteiger partial charge on any atom is -0.343 e. The van der Waals surface area contributed by atoms with Crippen LogP contribution in [0.4, 0.5) is 18.9 Å². The molecular weight excluding hydrogens is 435 g/mol. The van der Waals surface area contributed by atoms with Gasteiger partial charge in [-0.1, -0.05) is 12.1 Å². The number of halogens is 3. The molecule has 2 amide bonds. The lowest BCUT2D eigenvalue weighted by atomic mass is 10.1. The van der Waals surface area contributed by atoms with E-state index in [1.165, 1.54) is 7.05 Å². The van der Waals surface area contributed by atoms with E-state index in [1.54, 1.807) is 17.4 Å². The van der Waals surface area contributed by atoms with E-state index < -0.39 is 41.1 Å². The molecule has 2 rings (SSSR count). The normalized spacial score (nSPS) is 12.0. The highest BCUT2D eigenvalue weighted by Gasteiger charge is 2.28. The molecule has 0 saturated carbocycles. The van der Waals surface area contributed by atoms with Crippen LogP contribution in [0.3, 0.4) is 0 Å². The Morgan fingerprint density at radius 2 is 1.65 bits per heavy atom. The summed E-state index contributed by atoms with van der Waals surface area (Å²) in [5.41, 5.74) is 2.28. The van der Waals surface area contributed by atoms with Crippen molar-refractivity contribution >= 4 is 27.5 Å². The van der Waals surface area contributed by atoms with Gasteiger partial charge in [-0.2, -0.15) is 17.5 Å². The summed E-state index contributed by atoms with van der Waals surface area (Å²) in [6, 6.07) is 9.75. The zero-order valence-electron chi connectivity index (χ0n) is 17.1. The van der Waals surface area contributed by atoms with Gasteiger partial charge in [0.15, 0.2) is 0 Å². The lowest BCUT2D eigenvalue weighted by Crippen LogP contribution is -2.35. The molecule has 0 radical (unpaired) electrons. The van der Waals surface area contributed by atoms with Gasteiger partial charge in [0.1, 0.15) is 6.54 Å². The number of rotatable bonds is 7. The molecule has 0 fully saturated rings. The molecule has 0 aromatic heterocycles. The summed E-state index contributed by atoms with van der Waals surface area (Å²) in [6.45, 7) is 1.76. The van der Waals surface area contributed by atoms with Gasteiger partial charge < -0.3 is 10.6 Å². The average Bonchev–Trinajstić information content (AvgIpc) is 2.69. The zero-order chi connectivity index (χ0) is 23.4. The van der Waals surface area contributed by atoms with Crippen LogP contribution in [-0.2, 0) is 14.8 Å². The van der Waals surface area contributed by atoms with Crippen molar-refractivity contribution < 1.29 is 31.2 Å². The van der Waals surface area contributed by atoms with Crippen molar-refractivity contribution in [2.45, 2.75) is 24.9 Å². The molecule has 0 spiro atoms. The van der Waals surface area contributed by atoms with Crippen LogP contribution in [0, 0.1) is 13.8 Å². The quantitative estimate of drug-likeness (QED) is 0.669. The number of alkyl halides is 3. The first-order chi connectivity index (χ1) is 14.3. The molecule has 0 heterocycles. The Hall–Kier alpha value is -2.92. The first kappa shape index (κ1) is 24.4. The molecule has 0 bridgehead atoms. The second-order valence-electron chi connectivity index (χ2n) is 6.88. The highest BCUT2D eigenvalue weighted by atomic mass is 32.2. The summed E-state index contributed by atoms with van der Waals surface area (Å²) < 4.78 is 62.8. The SMILES string of the molecule is Cc1cccc(NC(=O)CN(C)S(=O)(=O)c2ccc(C(=O)NCC(F)(F)F)cc2)c1C. The number of likely N-dealkylation sites (N-methyl/N-ethyl adjacent to an activating group) is 1. The Bertz CT molecular complexity index is 1070. The third-order valence-corrected chi connectivity index (χ3v) is 6.34. The van der Waals surface area contributed by atoms with Crippen LogP contribution >= 0.6 is 0 Å². The van der Waals surface area contributed by atoms with E-state index in [0.29, 0.717) is 5.69 Å². The molecule has 31 heavy (non-hydrogen) atoms. The Balaban J connectivity index is 2.05. The maximum atomic E-state index is 12.7. The molecule has 168 valence electrons. The number of nitrogens with one attached hydrogen (secondary N) is 2. The van der Waals surface area contributed by atoms with Gasteiger partial charge in [0, 0.05) is 18.3 Å². The molecular formula is C20H22F3N3O4S. The first-order valence-corrected chi connectivity index (χ1v) is 10.5. The fourth-order valence-corrected chi connectivity index (χ4v) is 3.73. The first-order valence-electron chi connectivity index (χ1n) is 9.08. The monoisotopic (exact) mass is 457 g/mol. The summed E-state index contributed by atoms with van der Waals surface area (Å²) >= 11 is 0. The molecule has 11 heteroatoms. The predicted octanol–water partition coefficient (Wildman–Crippen LogP) is 2.85. The maximum Gasteiger partial charge on any atom is 0.405 e. The summed E-state index contributed by atoms with van der Waals surface area (Å²) in [6.07, 6.45) is -4.56. The van der Waals surface area contributed by atoms with Gasteiger partial charge in [-0.05, 0) is 55.3 Å². The van der Waals surface area contributed by atoms with Gasteiger partial charge in [-0.15, -0.1) is 0 Å². The summed E-state index contributed by atoms with van der Waals surface area (Å²) in [4.78, 5) is 23.8. The standard InChI is InChI=1S/C20H22F3N3O4S/c1-13-5-4-6-17(14(13)2)25-18(27)11-26(3)31(29,30)16-9-7-15(8-10-16)19(28)24-12-20(21,22)23/h4-10H,11-12H2,1-3H3,(H,24,28)(H,25,27). The van der Waals surface area contributed by atoms with E-state index in [1.807, 2.05) is 19.9 Å². The van der Waals surface area contributed by atoms with Crippen LogP contribution in [0.25, 0.3) is 0 Å². The summed E-state index contributed by atoms with van der Waals surface area (Å²) in [5.74, 6) is -1.52. The number of amides is 2. The van der Waals surface area contributed by atoms with E-state index in [-0.39, 0.29) is 10.5 Å². The van der Waals surface area contributed by atoms with Crippen LogP contribution in [0.2, 0.25) is 0 Å². The second-order valence-corrected chi connectivity index (χ2v) is 8.92. The van der Waals surface area contributed by atoms with Crippen molar-refractivity contribution in [2.75, 3.05) is 25.5 Å². The van der Waals surface area contributed by atoms with Gasteiger partial charge in [0.25, 0.3) is 5.91 Å². The predicted molar refractivity (Wildman–Crippen MR) is 109 cm³/mol. The van der Waals surface area contributed by atoms with Gasteiger partial charge >= 0.3 is 6.18 Å². The number of aryl methyl sites for hydroxylation is 1. The van der Waals surface area contributed by atoms with Crippen molar-refractivity contribution in [1.29, 1.82) is 0 Å². The lowest BCUT2D eigenvalue weighted by Gasteiger charge is -2.18. The molecule has 0 aliphatic heterocycles. The third-order valence-electron chi connectivity index (χ3n) is 4.52. The van der Waals surface area contributed by atoms with E-state index in [0.717, 1.165) is 39.7 Å². The summed E-state index contributed by atoms with van der Waals surface area (Å²) in [5, 5.41) is 4.37. The van der Waals surface area contributed by atoms with Crippen molar-refractivity contribution in [3.05, 3.63) is 59.2 Å². The topological polar surface area (TPSA) is 95.6 Å². The number of carbonyl (C=O) groups excluding carboxylic acids is 2. The Labute approximate surface area is 178 Å². The smallest absolute Gasteiger partial charge is 0.343 e. The van der Waals surface area contributed by atoms with Crippen LogP contribution in [0.5, 0.6) is 0 Å². The largest absolute Gasteiger partial charge is 0.405 e. The third kappa shape index (κ3) is 6.53. The molecule has 2 aromatic carbocycles. The van der Waals surface area contributed by atoms with E-state index in [9.17, 15) is 31.2 Å². The van der Waals surface area contributed by atoms with Crippen molar-refractivity contribution in [2.24, 2.45) is 0 Å². The Kier molecular flexibility index (Phi) is 7.45. The minimum atomic E-state index is -4.56. The fourth-order valence-electron chi connectivity index (χ4n) is 2.60. The van der Waals surface area contributed by atoms with Crippen molar-refractivity contribution in [3.63, 3.8) is 0 Å². The Morgan fingerprint density at radius 3 is 2.23 bits per heavy atom. The van der Waals surface area contributed by atoms with Crippen LogP contribution in [0.1, 0.15) is 21.5 Å². The molecule has 2 N–H and O–H groups in total. The number of hydrogen-bond donors (Lipinski definition) is 2. The number of benzene rings is 2. The fraction of sp³-hybridized carbons (Fsp3) is 0.300. The molecule has 0 aliphatic rings. The van der Waals surface area contributed by atoms with E-state index in [4.69, 9.17) is 0 Å². The summed E-state index contributed by atoms with van der Waals surface area (Å²) in [7, 11) is -2.84. The zero-order valence-corrected chi connectivity index (χ0v) is 17.9. The molecule has 0 atom stereocenters. The van der Waals surface area contributed by atoms with Gasteiger partial charge in [-0.25, -0.2) is 8.42 Å². The number of anilines is 1. The van der Waals surface area contributed by atoms with Gasteiger partial charge in [0.05, 0.1) is 11.4 Å². The molecule has 2 aromatic rings. The molecule has 0 saturated heterocycles.